The van der Waals surface area contributed by atoms with Crippen LogP contribution in [0.2, 0.25) is 0 Å². The fourth-order valence-electron chi connectivity index (χ4n) is 1.39. The molecule has 0 spiro atoms. The molecule has 0 aliphatic carbocycles. The lowest BCUT2D eigenvalue weighted by Crippen LogP contribution is -2.13. The lowest BCUT2D eigenvalue weighted by atomic mass is 10.2. The van der Waals surface area contributed by atoms with E-state index >= 15 is 0 Å². The van der Waals surface area contributed by atoms with E-state index in [1.165, 1.54) is 18.4 Å². The number of aryl methyl sites for hydroxylation is 1. The minimum Gasteiger partial charge on any atom is -0.398 e. The molecule has 0 radical (unpaired) electrons. The summed E-state index contributed by atoms with van der Waals surface area (Å²) in [6.07, 6.45) is 0. The minimum atomic E-state index is -3.96. The van der Waals surface area contributed by atoms with Gasteiger partial charge < -0.3 is 5.73 Å². The van der Waals surface area contributed by atoms with Crippen molar-refractivity contribution in [3.05, 3.63) is 40.8 Å². The van der Waals surface area contributed by atoms with E-state index in [1.807, 2.05) is 4.72 Å². The summed E-state index contributed by atoms with van der Waals surface area (Å²) in [6.45, 7) is 1.39. The summed E-state index contributed by atoms with van der Waals surface area (Å²) >= 11 is 0.897. The van der Waals surface area contributed by atoms with Gasteiger partial charge in [0.25, 0.3) is 10.0 Å². The molecule has 1 aromatic heterocycles. The van der Waals surface area contributed by atoms with Crippen LogP contribution in [0.3, 0.4) is 0 Å². The summed E-state index contributed by atoms with van der Waals surface area (Å²) in [5, 5.41) is 1.45. The van der Waals surface area contributed by atoms with Crippen LogP contribution in [0.4, 0.5) is 20.2 Å². The third kappa shape index (κ3) is 2.85. The maximum atomic E-state index is 13.6. The van der Waals surface area contributed by atoms with E-state index in [1.54, 1.807) is 0 Å². The highest BCUT2D eigenvalue weighted by atomic mass is 32.2. The Balaban J connectivity index is 2.38. The van der Waals surface area contributed by atoms with E-state index in [0.717, 1.165) is 23.5 Å². The van der Waals surface area contributed by atoms with Gasteiger partial charge in [0.05, 0.1) is 5.69 Å². The Morgan fingerprint density at radius 2 is 1.89 bits per heavy atom. The lowest BCUT2D eigenvalue weighted by Gasteiger charge is -2.08. The van der Waals surface area contributed by atoms with Gasteiger partial charge in [0.1, 0.15) is 15.8 Å². The average molecular weight is 304 g/mol. The van der Waals surface area contributed by atoms with Crippen LogP contribution in [0.15, 0.2) is 27.8 Å². The quantitative estimate of drug-likeness (QED) is 0.915. The molecule has 2 aromatic rings. The van der Waals surface area contributed by atoms with Crippen LogP contribution in [0.25, 0.3) is 0 Å². The van der Waals surface area contributed by atoms with Crippen molar-refractivity contribution in [2.24, 2.45) is 0 Å². The average Bonchev–Trinajstić information content (AvgIpc) is 2.73. The number of nitrogens with one attached hydrogen (secondary N) is 1. The van der Waals surface area contributed by atoms with Gasteiger partial charge in [-0.2, -0.15) is 0 Å². The van der Waals surface area contributed by atoms with E-state index < -0.39 is 27.3 Å². The Morgan fingerprint density at radius 3 is 2.47 bits per heavy atom. The van der Waals surface area contributed by atoms with Gasteiger partial charge >= 0.3 is 0 Å². The van der Waals surface area contributed by atoms with Gasteiger partial charge in [0, 0.05) is 17.1 Å². The number of nitrogen functional groups attached to an aromatic ring is 1. The topological polar surface area (TPSA) is 72.2 Å². The Kier molecular flexibility index (Phi) is 3.46. The van der Waals surface area contributed by atoms with Crippen LogP contribution in [-0.2, 0) is 10.0 Å². The summed E-state index contributed by atoms with van der Waals surface area (Å²) in [5.41, 5.74) is 5.38. The van der Waals surface area contributed by atoms with E-state index in [9.17, 15) is 17.2 Å². The summed E-state index contributed by atoms with van der Waals surface area (Å²) in [5.74, 6) is -1.53. The summed E-state index contributed by atoms with van der Waals surface area (Å²) in [6, 6.07) is 2.98. The molecule has 1 heterocycles. The zero-order valence-electron chi connectivity index (χ0n) is 9.78. The third-order valence-corrected chi connectivity index (χ3v) is 5.18. The monoisotopic (exact) mass is 304 g/mol. The maximum absolute atomic E-state index is 13.6. The molecule has 0 saturated heterocycles. The molecule has 2 rings (SSSR count). The number of sulfonamides is 1. The highest BCUT2D eigenvalue weighted by molar-refractivity contribution is 7.94. The molecule has 8 heteroatoms. The summed E-state index contributed by atoms with van der Waals surface area (Å²) < 4.78 is 52.7. The molecule has 102 valence electrons. The first-order valence-electron chi connectivity index (χ1n) is 5.12. The van der Waals surface area contributed by atoms with Crippen molar-refractivity contribution in [2.75, 3.05) is 10.5 Å². The third-order valence-electron chi connectivity index (χ3n) is 2.35. The van der Waals surface area contributed by atoms with Crippen molar-refractivity contribution in [3.8, 4) is 0 Å². The van der Waals surface area contributed by atoms with Crippen molar-refractivity contribution in [2.45, 2.75) is 11.1 Å². The first-order valence-corrected chi connectivity index (χ1v) is 7.48. The normalized spacial score (nSPS) is 11.5. The van der Waals surface area contributed by atoms with Crippen LogP contribution >= 0.6 is 11.3 Å². The number of nitrogens with two attached hydrogens (primary N) is 1. The Morgan fingerprint density at radius 1 is 1.21 bits per heavy atom. The Hall–Kier alpha value is -1.67. The fraction of sp³-hybridized carbons (Fsp3) is 0.0909. The van der Waals surface area contributed by atoms with E-state index in [4.69, 9.17) is 5.73 Å². The van der Waals surface area contributed by atoms with Gasteiger partial charge in [-0.1, -0.05) is 0 Å². The van der Waals surface area contributed by atoms with Crippen molar-refractivity contribution >= 4 is 32.7 Å². The van der Waals surface area contributed by atoms with Crippen molar-refractivity contribution < 1.29 is 17.2 Å². The SMILES string of the molecule is Cc1cc(F)c(NS(=O)(=O)c2cc(N)cs2)cc1F. The second-order valence-corrected chi connectivity index (χ2v) is 6.71. The molecule has 3 N–H and O–H groups in total. The van der Waals surface area contributed by atoms with Crippen molar-refractivity contribution in [3.63, 3.8) is 0 Å². The molecule has 0 saturated carbocycles. The van der Waals surface area contributed by atoms with Crippen LogP contribution in [0.1, 0.15) is 5.56 Å². The van der Waals surface area contributed by atoms with E-state index in [0.29, 0.717) is 5.69 Å². The molecule has 1 aromatic carbocycles. The zero-order chi connectivity index (χ0) is 14.2. The molecule has 0 bridgehead atoms. The van der Waals surface area contributed by atoms with Crippen LogP contribution in [0, 0.1) is 18.6 Å². The van der Waals surface area contributed by atoms with Gasteiger partial charge in [-0.05, 0) is 24.6 Å². The predicted molar refractivity (Wildman–Crippen MR) is 70.6 cm³/mol. The maximum Gasteiger partial charge on any atom is 0.271 e. The number of halogens is 2. The smallest absolute Gasteiger partial charge is 0.271 e. The molecule has 19 heavy (non-hydrogen) atoms. The lowest BCUT2D eigenvalue weighted by molar-refractivity contribution is 0.591. The molecule has 0 amide bonds. The highest BCUT2D eigenvalue weighted by Gasteiger charge is 2.19. The van der Waals surface area contributed by atoms with Crippen LogP contribution in [0.5, 0.6) is 0 Å². The van der Waals surface area contributed by atoms with Gasteiger partial charge in [0.2, 0.25) is 0 Å². The van der Waals surface area contributed by atoms with Crippen LogP contribution in [-0.4, -0.2) is 8.42 Å². The Labute approximate surface area is 112 Å². The first-order chi connectivity index (χ1) is 8.79. The van der Waals surface area contributed by atoms with Gasteiger partial charge in [-0.3, -0.25) is 4.72 Å². The molecule has 0 atom stereocenters. The Bertz CT molecular complexity index is 726. The highest BCUT2D eigenvalue weighted by Crippen LogP contribution is 2.26. The standard InChI is InChI=1S/C11H10F2N2O2S2/c1-6-2-9(13)10(4-8(6)12)15-19(16,17)11-3-7(14)5-18-11/h2-5,15H,14H2,1H3. The van der Waals surface area contributed by atoms with Crippen molar-refractivity contribution in [1.82, 2.24) is 0 Å². The molecule has 0 unspecified atom stereocenters. The number of hydrogen-bond donors (Lipinski definition) is 2. The minimum absolute atomic E-state index is 0.0645. The summed E-state index contributed by atoms with van der Waals surface area (Å²) in [7, 11) is -3.96. The second kappa shape index (κ2) is 4.78. The van der Waals surface area contributed by atoms with E-state index in [-0.39, 0.29) is 9.77 Å². The second-order valence-electron chi connectivity index (χ2n) is 3.89. The van der Waals surface area contributed by atoms with Crippen molar-refractivity contribution in [1.29, 1.82) is 0 Å². The number of benzene rings is 1. The zero-order valence-corrected chi connectivity index (χ0v) is 11.4. The first kappa shape index (κ1) is 13.8. The number of anilines is 2. The van der Waals surface area contributed by atoms with Crippen LogP contribution < -0.4 is 10.5 Å². The predicted octanol–water partition coefficient (Wildman–Crippen LogP) is 2.72. The molecule has 0 fully saturated rings. The van der Waals surface area contributed by atoms with Gasteiger partial charge in [-0.25, -0.2) is 17.2 Å². The number of hydrogen-bond acceptors (Lipinski definition) is 4. The van der Waals surface area contributed by atoms with Gasteiger partial charge in [-0.15, -0.1) is 11.3 Å². The molecular formula is C11H10F2N2O2S2. The number of thiophene rings is 1. The largest absolute Gasteiger partial charge is 0.398 e. The van der Waals surface area contributed by atoms with E-state index in [2.05, 4.69) is 0 Å². The molecular weight excluding hydrogens is 294 g/mol. The molecule has 4 nitrogen and oxygen atoms in total. The van der Waals surface area contributed by atoms with Gasteiger partial charge in [0.15, 0.2) is 0 Å². The fourth-order valence-corrected chi connectivity index (χ4v) is 3.53. The molecule has 0 aliphatic rings. The molecule has 0 aliphatic heterocycles. The number of rotatable bonds is 3. The summed E-state index contributed by atoms with van der Waals surface area (Å²) in [4.78, 5) is 0.